The zero-order valence-electron chi connectivity index (χ0n) is 10.4. The summed E-state index contributed by atoms with van der Waals surface area (Å²) >= 11 is 18.9. The van der Waals surface area contributed by atoms with Crippen molar-refractivity contribution in [1.29, 1.82) is 0 Å². The minimum Gasteiger partial charge on any atom is -0.379 e. The fraction of sp³-hybridized carbons (Fsp3) is 0.0769. The maximum absolute atomic E-state index is 10.7. The highest BCUT2D eigenvalue weighted by atomic mass is 79.9. The van der Waals surface area contributed by atoms with Crippen LogP contribution in [0.4, 0.5) is 11.4 Å². The van der Waals surface area contributed by atoms with Crippen LogP contribution < -0.4 is 5.32 Å². The normalized spacial score (nSPS) is 10.5. The van der Waals surface area contributed by atoms with Crippen LogP contribution in [0.2, 0.25) is 10.0 Å². The summed E-state index contributed by atoms with van der Waals surface area (Å²) in [6.07, 6.45) is 0. The molecule has 8 heteroatoms. The number of non-ortho nitro benzene ring substituents is 1. The lowest BCUT2D eigenvalue weighted by Gasteiger charge is -2.12. The van der Waals surface area contributed by atoms with Crippen LogP contribution in [0.3, 0.4) is 0 Å². The van der Waals surface area contributed by atoms with Gasteiger partial charge >= 0.3 is 0 Å². The standard InChI is InChI=1S/C13H8Br2Cl2N2O2/c14-8-3-11(16)13(12(17)4-8)18-6-7-1-2-9(19(20)21)5-10(7)15/h1-5,18H,6H2. The summed E-state index contributed by atoms with van der Waals surface area (Å²) in [5.74, 6) is 0. The zero-order valence-corrected chi connectivity index (χ0v) is 15.1. The quantitative estimate of drug-likeness (QED) is 0.452. The Balaban J connectivity index is 2.19. The van der Waals surface area contributed by atoms with Crippen molar-refractivity contribution in [3.8, 4) is 0 Å². The molecule has 0 bridgehead atoms. The maximum Gasteiger partial charge on any atom is 0.270 e. The van der Waals surface area contributed by atoms with Crippen LogP contribution in [0.1, 0.15) is 5.56 Å². The van der Waals surface area contributed by atoms with Gasteiger partial charge in [0.05, 0.1) is 20.7 Å². The van der Waals surface area contributed by atoms with Gasteiger partial charge in [0.1, 0.15) is 0 Å². The molecular formula is C13H8Br2Cl2N2O2. The summed E-state index contributed by atoms with van der Waals surface area (Å²) in [6, 6.07) is 8.06. The Labute approximate surface area is 147 Å². The summed E-state index contributed by atoms with van der Waals surface area (Å²) in [4.78, 5) is 10.3. The average Bonchev–Trinajstić information content (AvgIpc) is 2.38. The molecule has 0 amide bonds. The number of hydrogen-bond donors (Lipinski definition) is 1. The number of rotatable bonds is 4. The second-order valence-electron chi connectivity index (χ2n) is 4.13. The first kappa shape index (κ1) is 16.5. The van der Waals surface area contributed by atoms with Gasteiger partial charge in [-0.15, -0.1) is 0 Å². The first-order valence-corrected chi connectivity index (χ1v) is 8.04. The van der Waals surface area contributed by atoms with E-state index in [4.69, 9.17) is 23.2 Å². The molecule has 0 heterocycles. The van der Waals surface area contributed by atoms with Gasteiger partial charge in [-0.2, -0.15) is 0 Å². The number of halogens is 4. The van der Waals surface area contributed by atoms with Crippen LogP contribution in [0.25, 0.3) is 0 Å². The Bertz CT molecular complexity index is 688. The highest BCUT2D eigenvalue weighted by Crippen LogP contribution is 2.34. The molecule has 0 saturated heterocycles. The number of nitro groups is 1. The third kappa shape index (κ3) is 4.10. The van der Waals surface area contributed by atoms with E-state index in [2.05, 4.69) is 37.2 Å². The number of anilines is 1. The minimum absolute atomic E-state index is 0.0327. The van der Waals surface area contributed by atoms with E-state index in [9.17, 15) is 10.1 Å². The van der Waals surface area contributed by atoms with Crippen LogP contribution in [0, 0.1) is 10.1 Å². The van der Waals surface area contributed by atoms with Gasteiger partial charge in [-0.05, 0) is 23.8 Å². The molecule has 0 unspecified atom stereocenters. The number of nitrogens with one attached hydrogen (secondary N) is 1. The summed E-state index contributed by atoms with van der Waals surface area (Å²) < 4.78 is 1.44. The number of hydrogen-bond acceptors (Lipinski definition) is 3. The number of benzene rings is 2. The Morgan fingerprint density at radius 3 is 2.29 bits per heavy atom. The van der Waals surface area contributed by atoms with Crippen LogP contribution >= 0.6 is 55.1 Å². The van der Waals surface area contributed by atoms with Gasteiger partial charge in [-0.1, -0.05) is 55.1 Å². The molecule has 4 nitrogen and oxygen atoms in total. The first-order valence-electron chi connectivity index (χ1n) is 5.69. The maximum atomic E-state index is 10.7. The fourth-order valence-electron chi connectivity index (χ4n) is 1.69. The molecule has 2 aromatic rings. The van der Waals surface area contributed by atoms with E-state index in [1.807, 2.05) is 0 Å². The molecule has 21 heavy (non-hydrogen) atoms. The lowest BCUT2D eigenvalue weighted by molar-refractivity contribution is -0.384. The molecule has 0 aliphatic rings. The molecule has 0 aliphatic heterocycles. The Morgan fingerprint density at radius 2 is 1.76 bits per heavy atom. The highest BCUT2D eigenvalue weighted by molar-refractivity contribution is 9.10. The summed E-state index contributed by atoms with van der Waals surface area (Å²) in [6.45, 7) is 0.430. The molecule has 2 rings (SSSR count). The van der Waals surface area contributed by atoms with Crippen molar-refractivity contribution in [2.45, 2.75) is 6.54 Å². The highest BCUT2D eigenvalue weighted by Gasteiger charge is 2.11. The Hall–Kier alpha value is -0.820. The predicted molar refractivity (Wildman–Crippen MR) is 92.3 cm³/mol. The van der Waals surface area contributed by atoms with Gasteiger partial charge in [0, 0.05) is 27.6 Å². The lowest BCUT2D eigenvalue weighted by atomic mass is 10.2. The third-order valence-corrected chi connectivity index (χ3v) is 4.50. The van der Waals surface area contributed by atoms with Gasteiger partial charge in [0.2, 0.25) is 0 Å². The van der Waals surface area contributed by atoms with Gasteiger partial charge < -0.3 is 5.32 Å². The first-order chi connectivity index (χ1) is 9.88. The van der Waals surface area contributed by atoms with Crippen LogP contribution in [0.15, 0.2) is 39.3 Å². The third-order valence-electron chi connectivity index (χ3n) is 2.71. The van der Waals surface area contributed by atoms with E-state index >= 15 is 0 Å². The van der Waals surface area contributed by atoms with Crippen molar-refractivity contribution in [3.63, 3.8) is 0 Å². The van der Waals surface area contributed by atoms with Gasteiger partial charge in [0.25, 0.3) is 5.69 Å². The van der Waals surface area contributed by atoms with E-state index in [0.717, 1.165) is 10.0 Å². The summed E-state index contributed by atoms with van der Waals surface area (Å²) in [5.41, 5.74) is 1.51. The summed E-state index contributed by atoms with van der Waals surface area (Å²) in [5, 5.41) is 14.8. The molecule has 0 atom stereocenters. The number of nitro benzene ring substituents is 1. The second-order valence-corrected chi connectivity index (χ2v) is 6.72. The van der Waals surface area contributed by atoms with Crippen molar-refractivity contribution in [2.24, 2.45) is 0 Å². The van der Waals surface area contributed by atoms with Crippen molar-refractivity contribution in [3.05, 3.63) is 65.0 Å². The average molecular weight is 455 g/mol. The monoisotopic (exact) mass is 452 g/mol. The van der Waals surface area contributed by atoms with Gasteiger partial charge in [-0.25, -0.2) is 0 Å². The van der Waals surface area contributed by atoms with Crippen molar-refractivity contribution in [2.75, 3.05) is 5.32 Å². The van der Waals surface area contributed by atoms with Gasteiger partial charge in [0.15, 0.2) is 0 Å². The zero-order chi connectivity index (χ0) is 15.6. The molecule has 0 fully saturated rings. The topological polar surface area (TPSA) is 55.2 Å². The Kier molecular flexibility index (Phi) is 5.48. The predicted octanol–water partition coefficient (Wildman–Crippen LogP) is 6.04. The lowest BCUT2D eigenvalue weighted by Crippen LogP contribution is -2.02. The molecular weight excluding hydrogens is 447 g/mol. The van der Waals surface area contributed by atoms with Crippen molar-refractivity contribution in [1.82, 2.24) is 0 Å². The molecule has 0 aromatic heterocycles. The molecule has 0 saturated carbocycles. The van der Waals surface area contributed by atoms with E-state index < -0.39 is 4.92 Å². The molecule has 0 aliphatic carbocycles. The van der Waals surface area contributed by atoms with Crippen LogP contribution in [-0.2, 0) is 6.54 Å². The fourth-order valence-corrected chi connectivity index (χ4v) is 3.54. The minimum atomic E-state index is -0.440. The van der Waals surface area contributed by atoms with Crippen molar-refractivity contribution >= 4 is 66.4 Å². The Morgan fingerprint density at radius 1 is 1.14 bits per heavy atom. The van der Waals surface area contributed by atoms with Crippen LogP contribution in [-0.4, -0.2) is 4.92 Å². The van der Waals surface area contributed by atoms with Crippen LogP contribution in [0.5, 0.6) is 0 Å². The van der Waals surface area contributed by atoms with E-state index in [1.165, 1.54) is 12.1 Å². The summed E-state index contributed by atoms with van der Waals surface area (Å²) in [7, 11) is 0. The molecule has 0 spiro atoms. The largest absolute Gasteiger partial charge is 0.379 e. The SMILES string of the molecule is O=[N+]([O-])c1ccc(CNc2c(Cl)cc(Br)cc2Cl)c(Br)c1. The molecule has 0 radical (unpaired) electrons. The molecule has 1 N–H and O–H groups in total. The van der Waals surface area contributed by atoms with E-state index in [1.54, 1.807) is 18.2 Å². The molecule has 110 valence electrons. The van der Waals surface area contributed by atoms with E-state index in [0.29, 0.717) is 26.8 Å². The van der Waals surface area contributed by atoms with E-state index in [-0.39, 0.29) is 5.69 Å². The molecule has 2 aromatic carbocycles. The van der Waals surface area contributed by atoms with Crippen molar-refractivity contribution < 1.29 is 4.92 Å². The number of nitrogens with zero attached hydrogens (tertiary/aromatic N) is 1. The van der Waals surface area contributed by atoms with Gasteiger partial charge in [-0.3, -0.25) is 10.1 Å². The smallest absolute Gasteiger partial charge is 0.270 e. The second kappa shape index (κ2) is 6.96.